The molecule has 104 valence electrons. The van der Waals surface area contributed by atoms with Crippen LogP contribution in [0.25, 0.3) is 10.9 Å². The molecule has 0 fully saturated rings. The molecule has 0 spiro atoms. The van der Waals surface area contributed by atoms with Crippen molar-refractivity contribution in [2.24, 2.45) is 4.99 Å². The summed E-state index contributed by atoms with van der Waals surface area (Å²) in [6.45, 7) is 0. The van der Waals surface area contributed by atoms with E-state index >= 15 is 0 Å². The van der Waals surface area contributed by atoms with E-state index < -0.39 is 17.1 Å². The zero-order valence-corrected chi connectivity index (χ0v) is 10.7. The van der Waals surface area contributed by atoms with E-state index in [0.717, 1.165) is 10.9 Å². The molecular formula is C14H10N4O3. The first-order valence-electron chi connectivity index (χ1n) is 6.08. The highest BCUT2D eigenvalue weighted by molar-refractivity contribution is 5.93. The van der Waals surface area contributed by atoms with E-state index in [-0.39, 0.29) is 5.56 Å². The number of aliphatic imine (C=N–C) groups is 1. The summed E-state index contributed by atoms with van der Waals surface area (Å²) in [5.41, 5.74) is -0.227. The number of hydrogen-bond donors (Lipinski definition) is 3. The summed E-state index contributed by atoms with van der Waals surface area (Å²) in [6, 6.07) is 9.03. The van der Waals surface area contributed by atoms with Crippen LogP contribution in [0.5, 0.6) is 5.88 Å². The van der Waals surface area contributed by atoms with Gasteiger partial charge >= 0.3 is 5.69 Å². The number of aromatic nitrogens is 3. The minimum absolute atomic E-state index is 0.115. The highest BCUT2D eigenvalue weighted by Gasteiger charge is 2.06. The first kappa shape index (κ1) is 12.8. The summed E-state index contributed by atoms with van der Waals surface area (Å²) < 4.78 is 0. The fourth-order valence-electron chi connectivity index (χ4n) is 1.94. The highest BCUT2D eigenvalue weighted by atomic mass is 16.3. The van der Waals surface area contributed by atoms with Crippen molar-refractivity contribution >= 4 is 22.8 Å². The molecule has 0 saturated carbocycles. The standard InChI is InChI=1S/C14H10N4O3/c19-12-9(13(20)18-14(21)17-12)7-16-11-5-1-4-10-8(11)3-2-6-15-10/h1-7H,(H3,17,18,19,20,21). The van der Waals surface area contributed by atoms with Crippen molar-refractivity contribution in [1.29, 1.82) is 0 Å². The van der Waals surface area contributed by atoms with Crippen LogP contribution in [-0.4, -0.2) is 26.3 Å². The van der Waals surface area contributed by atoms with Crippen LogP contribution < -0.4 is 11.2 Å². The summed E-state index contributed by atoms with van der Waals surface area (Å²) in [4.78, 5) is 35.1. The Morgan fingerprint density at radius 1 is 1.14 bits per heavy atom. The second kappa shape index (κ2) is 5.04. The molecule has 21 heavy (non-hydrogen) atoms. The highest BCUT2D eigenvalue weighted by Crippen LogP contribution is 2.24. The first-order valence-corrected chi connectivity index (χ1v) is 6.08. The van der Waals surface area contributed by atoms with Crippen molar-refractivity contribution in [3.05, 3.63) is 62.9 Å². The molecule has 2 heterocycles. The Morgan fingerprint density at radius 3 is 2.81 bits per heavy atom. The molecule has 0 aliphatic heterocycles. The molecule has 3 rings (SSSR count). The van der Waals surface area contributed by atoms with E-state index in [4.69, 9.17) is 0 Å². The zero-order chi connectivity index (χ0) is 14.8. The molecule has 0 unspecified atom stereocenters. The second-order valence-corrected chi connectivity index (χ2v) is 4.28. The summed E-state index contributed by atoms with van der Waals surface area (Å²) in [5.74, 6) is -0.522. The summed E-state index contributed by atoms with van der Waals surface area (Å²) in [6.07, 6.45) is 2.88. The third-order valence-electron chi connectivity index (χ3n) is 2.91. The number of pyridine rings is 1. The number of nitrogens with zero attached hydrogens (tertiary/aromatic N) is 2. The minimum Gasteiger partial charge on any atom is -0.494 e. The normalized spacial score (nSPS) is 11.2. The molecule has 7 nitrogen and oxygen atoms in total. The molecule has 0 atom stereocenters. The summed E-state index contributed by atoms with van der Waals surface area (Å²) >= 11 is 0. The molecule has 0 amide bonds. The zero-order valence-electron chi connectivity index (χ0n) is 10.7. The van der Waals surface area contributed by atoms with Crippen LogP contribution in [0.2, 0.25) is 0 Å². The van der Waals surface area contributed by atoms with Gasteiger partial charge in [0.05, 0.1) is 11.2 Å². The maximum atomic E-state index is 11.6. The van der Waals surface area contributed by atoms with Crippen LogP contribution in [0, 0.1) is 0 Å². The lowest BCUT2D eigenvalue weighted by molar-refractivity contribution is 0.447. The van der Waals surface area contributed by atoms with Gasteiger partial charge in [-0.05, 0) is 24.3 Å². The maximum Gasteiger partial charge on any atom is 0.328 e. The number of H-pyrrole nitrogens is 2. The average Bonchev–Trinajstić information content (AvgIpc) is 2.46. The van der Waals surface area contributed by atoms with Gasteiger partial charge < -0.3 is 5.11 Å². The lowest BCUT2D eigenvalue weighted by atomic mass is 10.2. The van der Waals surface area contributed by atoms with Crippen molar-refractivity contribution in [3.8, 4) is 5.88 Å². The van der Waals surface area contributed by atoms with Gasteiger partial charge in [-0.25, -0.2) is 4.79 Å². The number of benzene rings is 1. The van der Waals surface area contributed by atoms with Gasteiger partial charge in [-0.1, -0.05) is 6.07 Å². The van der Waals surface area contributed by atoms with Gasteiger partial charge in [0.25, 0.3) is 5.56 Å². The number of aromatic hydroxyl groups is 1. The lowest BCUT2D eigenvalue weighted by Gasteiger charge is -2.00. The van der Waals surface area contributed by atoms with Crippen LogP contribution in [0.3, 0.4) is 0 Å². The van der Waals surface area contributed by atoms with Crippen molar-refractivity contribution in [2.75, 3.05) is 0 Å². The topological polar surface area (TPSA) is 111 Å². The Hall–Kier alpha value is -3.22. The Labute approximate surface area is 117 Å². The SMILES string of the molecule is O=c1[nH]c(O)c(C=Nc2cccc3ncccc23)c(=O)[nH]1. The fraction of sp³-hybridized carbons (Fsp3) is 0. The van der Waals surface area contributed by atoms with Crippen LogP contribution in [0.1, 0.15) is 5.56 Å². The number of nitrogens with one attached hydrogen (secondary N) is 2. The average molecular weight is 282 g/mol. The fourth-order valence-corrected chi connectivity index (χ4v) is 1.94. The van der Waals surface area contributed by atoms with E-state index in [1.54, 1.807) is 24.4 Å². The van der Waals surface area contributed by atoms with E-state index in [9.17, 15) is 14.7 Å². The Balaban J connectivity index is 2.11. The second-order valence-electron chi connectivity index (χ2n) is 4.28. The van der Waals surface area contributed by atoms with Gasteiger partial charge in [-0.15, -0.1) is 0 Å². The molecule has 0 aliphatic rings. The van der Waals surface area contributed by atoms with E-state index in [1.165, 1.54) is 6.21 Å². The van der Waals surface area contributed by atoms with Crippen molar-refractivity contribution in [3.63, 3.8) is 0 Å². The monoisotopic (exact) mass is 282 g/mol. The third-order valence-corrected chi connectivity index (χ3v) is 2.91. The first-order chi connectivity index (χ1) is 10.1. The van der Waals surface area contributed by atoms with E-state index in [1.807, 2.05) is 17.1 Å². The van der Waals surface area contributed by atoms with Gasteiger partial charge in [0.15, 0.2) is 0 Å². The Morgan fingerprint density at radius 2 is 2.00 bits per heavy atom. The van der Waals surface area contributed by atoms with E-state index in [0.29, 0.717) is 5.69 Å². The van der Waals surface area contributed by atoms with Gasteiger partial charge in [0.1, 0.15) is 5.56 Å². The quantitative estimate of drug-likeness (QED) is 0.610. The van der Waals surface area contributed by atoms with Crippen LogP contribution in [-0.2, 0) is 0 Å². The molecule has 2 aromatic heterocycles. The Kier molecular flexibility index (Phi) is 3.07. The third kappa shape index (κ3) is 2.44. The molecule has 0 aliphatic carbocycles. The van der Waals surface area contributed by atoms with Crippen molar-refractivity contribution in [2.45, 2.75) is 0 Å². The summed E-state index contributed by atoms with van der Waals surface area (Å²) in [7, 11) is 0. The predicted octanol–water partition coefficient (Wildman–Crippen LogP) is 1.07. The summed E-state index contributed by atoms with van der Waals surface area (Å²) in [5, 5.41) is 10.4. The molecule has 0 saturated heterocycles. The molecule has 1 aromatic carbocycles. The predicted molar refractivity (Wildman–Crippen MR) is 78.3 cm³/mol. The smallest absolute Gasteiger partial charge is 0.328 e. The molecule has 3 aromatic rings. The molecule has 3 N–H and O–H groups in total. The van der Waals surface area contributed by atoms with Crippen LogP contribution >= 0.6 is 0 Å². The molecule has 7 heteroatoms. The van der Waals surface area contributed by atoms with E-state index in [2.05, 4.69) is 15.0 Å². The number of hydrogen-bond acceptors (Lipinski definition) is 5. The van der Waals surface area contributed by atoms with Gasteiger partial charge in [0.2, 0.25) is 5.88 Å². The molecule has 0 bridgehead atoms. The number of aromatic amines is 2. The Bertz CT molecular complexity index is 951. The molecule has 0 radical (unpaired) electrons. The van der Waals surface area contributed by atoms with Gasteiger partial charge in [0, 0.05) is 17.8 Å². The largest absolute Gasteiger partial charge is 0.494 e. The number of fused-ring (bicyclic) bond motifs is 1. The van der Waals surface area contributed by atoms with Crippen LogP contribution in [0.4, 0.5) is 5.69 Å². The lowest BCUT2D eigenvalue weighted by Crippen LogP contribution is -2.24. The molecular weight excluding hydrogens is 272 g/mol. The van der Waals surface area contributed by atoms with Crippen molar-refractivity contribution in [1.82, 2.24) is 15.0 Å². The van der Waals surface area contributed by atoms with Gasteiger partial charge in [-0.3, -0.25) is 24.7 Å². The van der Waals surface area contributed by atoms with Crippen LogP contribution in [0.15, 0.2) is 51.1 Å². The van der Waals surface area contributed by atoms with Crippen molar-refractivity contribution < 1.29 is 5.11 Å². The maximum absolute atomic E-state index is 11.6. The minimum atomic E-state index is -0.774. The number of rotatable bonds is 2. The van der Waals surface area contributed by atoms with Gasteiger partial charge in [-0.2, -0.15) is 0 Å².